The van der Waals surface area contributed by atoms with Gasteiger partial charge in [0.2, 0.25) is 0 Å². The average Bonchev–Trinajstić information content (AvgIpc) is 2.87. The van der Waals surface area contributed by atoms with Gasteiger partial charge in [0.25, 0.3) is 0 Å². The van der Waals surface area contributed by atoms with Gasteiger partial charge in [0.15, 0.2) is 0 Å². The highest BCUT2D eigenvalue weighted by Gasteiger charge is 2.41. The maximum absolute atomic E-state index is 3.64. The summed E-state index contributed by atoms with van der Waals surface area (Å²) in [5.41, 5.74) is 0.746. The second-order valence-corrected chi connectivity index (χ2v) is 5.16. The van der Waals surface area contributed by atoms with Crippen molar-refractivity contribution in [3.05, 3.63) is 0 Å². The van der Waals surface area contributed by atoms with E-state index < -0.39 is 0 Å². The van der Waals surface area contributed by atoms with Crippen molar-refractivity contribution in [1.82, 2.24) is 5.32 Å². The molecular formula is C12H23N. The van der Waals surface area contributed by atoms with Crippen molar-refractivity contribution in [3.8, 4) is 0 Å². The second-order valence-electron chi connectivity index (χ2n) is 5.16. The van der Waals surface area contributed by atoms with Crippen molar-refractivity contribution in [3.63, 3.8) is 0 Å². The second kappa shape index (κ2) is 3.61. The van der Waals surface area contributed by atoms with Crippen LogP contribution in [0.25, 0.3) is 0 Å². The van der Waals surface area contributed by atoms with E-state index in [1.54, 1.807) is 0 Å². The van der Waals surface area contributed by atoms with Crippen molar-refractivity contribution in [2.45, 2.75) is 58.4 Å². The van der Waals surface area contributed by atoms with Crippen LogP contribution in [0, 0.1) is 11.3 Å². The van der Waals surface area contributed by atoms with Gasteiger partial charge >= 0.3 is 0 Å². The molecule has 2 aliphatic carbocycles. The average molecular weight is 181 g/mol. The molecule has 76 valence electrons. The van der Waals surface area contributed by atoms with E-state index >= 15 is 0 Å². The summed E-state index contributed by atoms with van der Waals surface area (Å²) in [6.45, 7) is 6.01. The first-order valence-corrected chi connectivity index (χ1v) is 6.01. The molecule has 0 bridgehead atoms. The van der Waals surface area contributed by atoms with Crippen LogP contribution < -0.4 is 5.32 Å². The van der Waals surface area contributed by atoms with E-state index in [0.717, 1.165) is 17.4 Å². The number of rotatable bonds is 5. The van der Waals surface area contributed by atoms with Gasteiger partial charge in [0.05, 0.1) is 0 Å². The molecule has 0 radical (unpaired) electrons. The van der Waals surface area contributed by atoms with Crippen LogP contribution in [0.4, 0.5) is 0 Å². The van der Waals surface area contributed by atoms with E-state index in [4.69, 9.17) is 0 Å². The predicted molar refractivity (Wildman–Crippen MR) is 56.8 cm³/mol. The van der Waals surface area contributed by atoms with E-state index in [1.165, 1.54) is 45.1 Å². The minimum absolute atomic E-state index is 0.746. The zero-order valence-corrected chi connectivity index (χ0v) is 9.10. The fraction of sp³-hybridized carbons (Fsp3) is 1.00. The SMILES string of the molecule is CCC1(CC)CC(CNC2CC2)C1. The highest BCUT2D eigenvalue weighted by molar-refractivity contribution is 4.94. The Hall–Kier alpha value is -0.0400. The Morgan fingerprint density at radius 3 is 2.23 bits per heavy atom. The number of hydrogen-bond donors (Lipinski definition) is 1. The summed E-state index contributed by atoms with van der Waals surface area (Å²) in [6.07, 6.45) is 8.62. The highest BCUT2D eigenvalue weighted by atomic mass is 14.9. The van der Waals surface area contributed by atoms with Crippen LogP contribution in [-0.4, -0.2) is 12.6 Å². The normalized spacial score (nSPS) is 27.2. The van der Waals surface area contributed by atoms with Crippen LogP contribution in [0.2, 0.25) is 0 Å². The molecule has 0 spiro atoms. The van der Waals surface area contributed by atoms with E-state index in [-0.39, 0.29) is 0 Å². The molecule has 2 fully saturated rings. The summed E-state index contributed by atoms with van der Waals surface area (Å²) in [7, 11) is 0. The summed E-state index contributed by atoms with van der Waals surface area (Å²) < 4.78 is 0. The molecule has 13 heavy (non-hydrogen) atoms. The van der Waals surface area contributed by atoms with Crippen LogP contribution in [0.5, 0.6) is 0 Å². The van der Waals surface area contributed by atoms with E-state index in [2.05, 4.69) is 19.2 Å². The highest BCUT2D eigenvalue weighted by Crippen LogP contribution is 2.50. The van der Waals surface area contributed by atoms with Crippen LogP contribution in [-0.2, 0) is 0 Å². The van der Waals surface area contributed by atoms with Gasteiger partial charge in [-0.15, -0.1) is 0 Å². The fourth-order valence-electron chi connectivity index (χ4n) is 2.76. The molecule has 2 rings (SSSR count). The molecule has 1 heteroatoms. The first-order valence-electron chi connectivity index (χ1n) is 6.01. The van der Waals surface area contributed by atoms with Gasteiger partial charge in [0, 0.05) is 6.04 Å². The van der Waals surface area contributed by atoms with Crippen molar-refractivity contribution >= 4 is 0 Å². The Bertz CT molecular complexity index is 160. The lowest BCUT2D eigenvalue weighted by Gasteiger charge is -2.47. The van der Waals surface area contributed by atoms with Gasteiger partial charge in [-0.05, 0) is 43.6 Å². The number of hydrogen-bond acceptors (Lipinski definition) is 1. The molecule has 2 aliphatic rings. The van der Waals surface area contributed by atoms with Crippen molar-refractivity contribution in [1.29, 1.82) is 0 Å². The standard InChI is InChI=1S/C12H23N/c1-3-12(4-2)7-10(8-12)9-13-11-5-6-11/h10-11,13H,3-9H2,1-2H3. The predicted octanol–water partition coefficient (Wildman–Crippen LogP) is 2.95. The van der Waals surface area contributed by atoms with Gasteiger partial charge in [-0.1, -0.05) is 26.7 Å². The van der Waals surface area contributed by atoms with E-state index in [9.17, 15) is 0 Å². The van der Waals surface area contributed by atoms with E-state index in [0.29, 0.717) is 0 Å². The number of nitrogens with one attached hydrogen (secondary N) is 1. The largest absolute Gasteiger partial charge is 0.314 e. The molecule has 0 unspecified atom stereocenters. The maximum atomic E-state index is 3.64. The molecule has 0 aromatic heterocycles. The lowest BCUT2D eigenvalue weighted by molar-refractivity contribution is 0.0455. The minimum atomic E-state index is 0.746. The van der Waals surface area contributed by atoms with Crippen LogP contribution in [0.3, 0.4) is 0 Å². The molecule has 0 saturated heterocycles. The molecular weight excluding hydrogens is 158 g/mol. The van der Waals surface area contributed by atoms with Gasteiger partial charge in [-0.25, -0.2) is 0 Å². The summed E-state index contributed by atoms with van der Waals surface area (Å²) in [5.74, 6) is 1.00. The van der Waals surface area contributed by atoms with Gasteiger partial charge in [0.1, 0.15) is 0 Å². The zero-order chi connectivity index (χ0) is 9.31. The monoisotopic (exact) mass is 181 g/mol. The Labute approximate surface area is 82.3 Å². The Morgan fingerprint density at radius 2 is 1.77 bits per heavy atom. The summed E-state index contributed by atoms with van der Waals surface area (Å²) in [6, 6.07) is 0.901. The lowest BCUT2D eigenvalue weighted by atomic mass is 9.59. The van der Waals surface area contributed by atoms with Gasteiger partial charge in [-0.3, -0.25) is 0 Å². The van der Waals surface area contributed by atoms with Gasteiger partial charge < -0.3 is 5.32 Å². The van der Waals surface area contributed by atoms with Crippen LogP contribution in [0.15, 0.2) is 0 Å². The fourth-order valence-corrected chi connectivity index (χ4v) is 2.76. The smallest absolute Gasteiger partial charge is 0.00683 e. The quantitative estimate of drug-likeness (QED) is 0.687. The topological polar surface area (TPSA) is 12.0 Å². The molecule has 0 heterocycles. The first-order chi connectivity index (χ1) is 6.28. The first kappa shape index (κ1) is 9.51. The van der Waals surface area contributed by atoms with Gasteiger partial charge in [-0.2, -0.15) is 0 Å². The summed E-state index contributed by atoms with van der Waals surface area (Å²) >= 11 is 0. The third-order valence-electron chi connectivity index (χ3n) is 4.22. The molecule has 0 amide bonds. The Kier molecular flexibility index (Phi) is 2.64. The third-order valence-corrected chi connectivity index (χ3v) is 4.22. The van der Waals surface area contributed by atoms with Crippen molar-refractivity contribution < 1.29 is 0 Å². The van der Waals surface area contributed by atoms with E-state index in [1.807, 2.05) is 0 Å². The maximum Gasteiger partial charge on any atom is 0.00683 e. The minimum Gasteiger partial charge on any atom is -0.314 e. The Morgan fingerprint density at radius 1 is 1.15 bits per heavy atom. The lowest BCUT2D eigenvalue weighted by Crippen LogP contribution is -2.41. The molecule has 2 saturated carbocycles. The zero-order valence-electron chi connectivity index (χ0n) is 9.10. The third kappa shape index (κ3) is 2.07. The van der Waals surface area contributed by atoms with Crippen molar-refractivity contribution in [2.75, 3.05) is 6.54 Å². The molecule has 0 aromatic rings. The molecule has 0 aromatic carbocycles. The molecule has 1 nitrogen and oxygen atoms in total. The molecule has 1 N–H and O–H groups in total. The van der Waals surface area contributed by atoms with Crippen LogP contribution >= 0.6 is 0 Å². The molecule has 0 aliphatic heterocycles. The van der Waals surface area contributed by atoms with Crippen molar-refractivity contribution in [2.24, 2.45) is 11.3 Å². The Balaban J connectivity index is 1.64. The molecule has 0 atom stereocenters. The summed E-state index contributed by atoms with van der Waals surface area (Å²) in [4.78, 5) is 0. The van der Waals surface area contributed by atoms with Crippen LogP contribution in [0.1, 0.15) is 52.4 Å². The summed E-state index contributed by atoms with van der Waals surface area (Å²) in [5, 5.41) is 3.64.